The van der Waals surface area contributed by atoms with E-state index in [1.54, 1.807) is 7.11 Å². The summed E-state index contributed by atoms with van der Waals surface area (Å²) in [7, 11) is 1.67. The molecule has 0 heterocycles. The Morgan fingerprint density at radius 1 is 1.14 bits per heavy atom. The van der Waals surface area contributed by atoms with E-state index in [0.29, 0.717) is 0 Å². The van der Waals surface area contributed by atoms with Crippen LogP contribution in [0.4, 0.5) is 0 Å². The summed E-state index contributed by atoms with van der Waals surface area (Å²) in [4.78, 5) is 12.8. The number of hydrogen-bond acceptors (Lipinski definition) is 3. The Morgan fingerprint density at radius 3 is 2.64 bits per heavy atom. The van der Waals surface area contributed by atoms with Crippen LogP contribution in [0.25, 0.3) is 0 Å². The highest BCUT2D eigenvalue weighted by Gasteiger charge is 2.22. The molecule has 0 unspecified atom stereocenters. The van der Waals surface area contributed by atoms with Crippen molar-refractivity contribution in [2.75, 3.05) is 7.11 Å². The van der Waals surface area contributed by atoms with Gasteiger partial charge >= 0.3 is 0 Å². The molecular formula is C24H31NO3. The zero-order valence-electron chi connectivity index (χ0n) is 17.4. The highest BCUT2D eigenvalue weighted by Crippen LogP contribution is 2.30. The third-order valence-corrected chi connectivity index (χ3v) is 5.57. The van der Waals surface area contributed by atoms with Crippen molar-refractivity contribution in [1.82, 2.24) is 5.32 Å². The van der Waals surface area contributed by atoms with Crippen LogP contribution >= 0.6 is 0 Å². The molecule has 0 aromatic heterocycles. The second-order valence-corrected chi connectivity index (χ2v) is 7.56. The maximum atomic E-state index is 12.8. The van der Waals surface area contributed by atoms with Crippen molar-refractivity contribution < 1.29 is 14.3 Å². The summed E-state index contributed by atoms with van der Waals surface area (Å²) in [5.74, 6) is 1.62. The van der Waals surface area contributed by atoms with Gasteiger partial charge in [-0.25, -0.2) is 0 Å². The van der Waals surface area contributed by atoms with Gasteiger partial charge in [-0.3, -0.25) is 4.79 Å². The molecule has 4 nitrogen and oxygen atoms in total. The van der Waals surface area contributed by atoms with Gasteiger partial charge in [0.1, 0.15) is 11.5 Å². The molecule has 4 heteroatoms. The van der Waals surface area contributed by atoms with Crippen LogP contribution in [0.5, 0.6) is 11.5 Å². The fourth-order valence-corrected chi connectivity index (χ4v) is 3.93. The number of rotatable bonds is 7. The first-order chi connectivity index (χ1) is 13.5. The van der Waals surface area contributed by atoms with Gasteiger partial charge in [0, 0.05) is 0 Å². The Kier molecular flexibility index (Phi) is 6.61. The van der Waals surface area contributed by atoms with Gasteiger partial charge in [0.15, 0.2) is 6.10 Å². The van der Waals surface area contributed by atoms with Crippen molar-refractivity contribution in [2.24, 2.45) is 0 Å². The van der Waals surface area contributed by atoms with Crippen molar-refractivity contribution in [3.63, 3.8) is 0 Å². The van der Waals surface area contributed by atoms with E-state index in [1.807, 2.05) is 38.1 Å². The molecule has 0 saturated heterocycles. The SMILES string of the molecule is CC[C@@H](NC(=O)[C@H](C)Oc1cccc2c1CCCC2)c1ccc(OC)c(C)c1. The zero-order valence-corrected chi connectivity index (χ0v) is 17.4. The molecule has 1 aliphatic rings. The summed E-state index contributed by atoms with van der Waals surface area (Å²) in [5, 5.41) is 3.14. The number of nitrogens with one attached hydrogen (secondary N) is 1. The van der Waals surface area contributed by atoms with E-state index in [1.165, 1.54) is 24.0 Å². The van der Waals surface area contributed by atoms with Crippen LogP contribution in [0.15, 0.2) is 36.4 Å². The minimum Gasteiger partial charge on any atom is -0.496 e. The standard InChI is InChI=1S/C24H31NO3/c1-5-21(19-13-14-22(27-4)16(2)15-19)25-24(26)17(3)28-23-12-8-10-18-9-6-7-11-20(18)23/h8,10,12-15,17,21H,5-7,9,11H2,1-4H3,(H,25,26)/t17-,21+/m0/s1. The molecule has 1 amide bonds. The molecule has 3 rings (SSSR count). The summed E-state index contributed by atoms with van der Waals surface area (Å²) in [5.41, 5.74) is 4.77. The lowest BCUT2D eigenvalue weighted by molar-refractivity contribution is -0.128. The normalized spacial score (nSPS) is 15.3. The van der Waals surface area contributed by atoms with Gasteiger partial charge in [-0.05, 0) is 80.3 Å². The van der Waals surface area contributed by atoms with Gasteiger partial charge in [0.2, 0.25) is 0 Å². The number of amides is 1. The number of ether oxygens (including phenoxy) is 2. The first-order valence-corrected chi connectivity index (χ1v) is 10.3. The summed E-state index contributed by atoms with van der Waals surface area (Å²) in [6, 6.07) is 12.2. The predicted molar refractivity (Wildman–Crippen MR) is 112 cm³/mol. The number of benzene rings is 2. The van der Waals surface area contributed by atoms with E-state index in [-0.39, 0.29) is 11.9 Å². The lowest BCUT2D eigenvalue weighted by Gasteiger charge is -2.24. The molecule has 2 aromatic rings. The minimum absolute atomic E-state index is 0.0483. The number of methoxy groups -OCH3 is 1. The van der Waals surface area contributed by atoms with Crippen LogP contribution in [-0.4, -0.2) is 19.1 Å². The van der Waals surface area contributed by atoms with Crippen molar-refractivity contribution >= 4 is 5.91 Å². The van der Waals surface area contributed by atoms with E-state index < -0.39 is 6.10 Å². The molecule has 0 aliphatic heterocycles. The number of carbonyl (C=O) groups is 1. The molecule has 0 spiro atoms. The minimum atomic E-state index is -0.540. The van der Waals surface area contributed by atoms with E-state index in [2.05, 4.69) is 24.4 Å². The fraction of sp³-hybridized carbons (Fsp3) is 0.458. The van der Waals surface area contributed by atoms with Crippen LogP contribution in [-0.2, 0) is 17.6 Å². The first kappa shape index (κ1) is 20.2. The highest BCUT2D eigenvalue weighted by molar-refractivity contribution is 5.81. The average molecular weight is 382 g/mol. The average Bonchev–Trinajstić information content (AvgIpc) is 2.72. The fourth-order valence-electron chi connectivity index (χ4n) is 3.93. The molecule has 0 saturated carbocycles. The van der Waals surface area contributed by atoms with Gasteiger partial charge in [-0.2, -0.15) is 0 Å². The van der Waals surface area contributed by atoms with Crippen LogP contribution in [0.1, 0.15) is 61.4 Å². The van der Waals surface area contributed by atoms with Crippen LogP contribution in [0.2, 0.25) is 0 Å². The summed E-state index contributed by atoms with van der Waals surface area (Å²) in [6.45, 7) is 5.91. The molecule has 1 aliphatic carbocycles. The Hall–Kier alpha value is -2.49. The monoisotopic (exact) mass is 381 g/mol. The quantitative estimate of drug-likeness (QED) is 0.741. The third-order valence-electron chi connectivity index (χ3n) is 5.57. The van der Waals surface area contributed by atoms with Crippen molar-refractivity contribution in [3.05, 3.63) is 58.7 Å². The van der Waals surface area contributed by atoms with E-state index in [9.17, 15) is 4.79 Å². The van der Waals surface area contributed by atoms with Gasteiger partial charge in [0.25, 0.3) is 5.91 Å². The summed E-state index contributed by atoms with van der Waals surface area (Å²) in [6.07, 6.45) is 4.81. The number of hydrogen-bond donors (Lipinski definition) is 1. The first-order valence-electron chi connectivity index (χ1n) is 10.3. The Bertz CT molecular complexity index is 831. The Balaban J connectivity index is 1.68. The molecular weight excluding hydrogens is 350 g/mol. The molecule has 0 radical (unpaired) electrons. The lowest BCUT2D eigenvalue weighted by Crippen LogP contribution is -2.38. The van der Waals surface area contributed by atoms with Gasteiger partial charge in [0.05, 0.1) is 13.2 Å². The molecule has 2 atom stereocenters. The maximum absolute atomic E-state index is 12.8. The molecule has 28 heavy (non-hydrogen) atoms. The van der Waals surface area contributed by atoms with E-state index >= 15 is 0 Å². The molecule has 150 valence electrons. The van der Waals surface area contributed by atoms with Gasteiger partial charge in [-0.15, -0.1) is 0 Å². The number of aryl methyl sites for hydroxylation is 2. The van der Waals surface area contributed by atoms with Crippen LogP contribution in [0, 0.1) is 6.92 Å². The van der Waals surface area contributed by atoms with Crippen LogP contribution < -0.4 is 14.8 Å². The third kappa shape index (κ3) is 4.49. The maximum Gasteiger partial charge on any atom is 0.261 e. The zero-order chi connectivity index (χ0) is 20.1. The lowest BCUT2D eigenvalue weighted by atomic mass is 9.91. The van der Waals surface area contributed by atoms with E-state index in [0.717, 1.165) is 41.9 Å². The highest BCUT2D eigenvalue weighted by atomic mass is 16.5. The van der Waals surface area contributed by atoms with Crippen LogP contribution in [0.3, 0.4) is 0 Å². The van der Waals surface area contributed by atoms with Gasteiger partial charge < -0.3 is 14.8 Å². The number of fused-ring (bicyclic) bond motifs is 1. The molecule has 0 bridgehead atoms. The van der Waals surface area contributed by atoms with Gasteiger partial charge in [-0.1, -0.05) is 31.2 Å². The van der Waals surface area contributed by atoms with Crippen molar-refractivity contribution in [3.8, 4) is 11.5 Å². The second kappa shape index (κ2) is 9.13. The Labute approximate surface area is 168 Å². The summed E-state index contributed by atoms with van der Waals surface area (Å²) < 4.78 is 11.4. The molecule has 0 fully saturated rings. The van der Waals surface area contributed by atoms with Crippen molar-refractivity contribution in [1.29, 1.82) is 0 Å². The molecule has 1 N–H and O–H groups in total. The Morgan fingerprint density at radius 2 is 1.93 bits per heavy atom. The summed E-state index contributed by atoms with van der Waals surface area (Å²) >= 11 is 0. The largest absolute Gasteiger partial charge is 0.496 e. The molecule has 2 aromatic carbocycles. The smallest absolute Gasteiger partial charge is 0.261 e. The van der Waals surface area contributed by atoms with E-state index in [4.69, 9.17) is 9.47 Å². The topological polar surface area (TPSA) is 47.6 Å². The second-order valence-electron chi connectivity index (χ2n) is 7.56. The van der Waals surface area contributed by atoms with Crippen molar-refractivity contribution in [2.45, 2.75) is 65.0 Å². The predicted octanol–water partition coefficient (Wildman–Crippen LogP) is 4.92. The number of carbonyl (C=O) groups excluding carboxylic acids is 1.